The van der Waals surface area contributed by atoms with Gasteiger partial charge in [-0.3, -0.25) is 0 Å². The van der Waals surface area contributed by atoms with Crippen LogP contribution in [0.3, 0.4) is 0 Å². The lowest BCUT2D eigenvalue weighted by Gasteiger charge is -1.98. The third-order valence-corrected chi connectivity index (χ3v) is 1.54. The van der Waals surface area contributed by atoms with Gasteiger partial charge in [-0.25, -0.2) is 8.78 Å². The molecule has 0 heterocycles. The highest BCUT2D eigenvalue weighted by Gasteiger charge is 1.99. The predicted molar refractivity (Wildman–Crippen MR) is 49.0 cm³/mol. The number of hydrogen-bond acceptors (Lipinski definition) is 1. The highest BCUT2D eigenvalue weighted by molar-refractivity contribution is 5.50. The van der Waals surface area contributed by atoms with E-state index >= 15 is 0 Å². The molecule has 0 unspecified atom stereocenters. The molecule has 0 amide bonds. The average molecular weight is 183 g/mol. The number of benzene rings is 1. The third-order valence-electron chi connectivity index (χ3n) is 1.54. The maximum Gasteiger partial charge on any atom is 0.130 e. The summed E-state index contributed by atoms with van der Waals surface area (Å²) in [4.78, 5) is 0. The molecule has 0 aromatic heterocycles. The van der Waals surface area contributed by atoms with E-state index in [0.717, 1.165) is 18.2 Å². The van der Waals surface area contributed by atoms with Crippen LogP contribution in [0.5, 0.6) is 0 Å². The van der Waals surface area contributed by atoms with Crippen molar-refractivity contribution in [3.8, 4) is 0 Å². The Morgan fingerprint density at radius 2 is 2.08 bits per heavy atom. The molecule has 1 nitrogen and oxygen atoms in total. The van der Waals surface area contributed by atoms with Crippen LogP contribution in [0.25, 0.3) is 6.08 Å². The summed E-state index contributed by atoms with van der Waals surface area (Å²) in [6.45, 7) is 1.76. The van der Waals surface area contributed by atoms with Crippen LogP contribution in [0.4, 0.5) is 8.78 Å². The Kier molecular flexibility index (Phi) is 3.14. The van der Waals surface area contributed by atoms with E-state index in [0.29, 0.717) is 0 Å². The van der Waals surface area contributed by atoms with Gasteiger partial charge in [0.05, 0.1) is 0 Å². The largest absolute Gasteiger partial charge is 0.325 e. The third kappa shape index (κ3) is 2.95. The first kappa shape index (κ1) is 9.86. The lowest BCUT2D eigenvalue weighted by molar-refractivity contribution is 0.598. The molecule has 1 rings (SSSR count). The minimum absolute atomic E-state index is 0.164. The van der Waals surface area contributed by atoms with Crippen molar-refractivity contribution >= 4 is 6.08 Å². The summed E-state index contributed by atoms with van der Waals surface area (Å²) < 4.78 is 25.6. The number of hydrogen-bond donors (Lipinski definition) is 1. The first-order chi connectivity index (χ1) is 6.09. The molecule has 0 bridgehead atoms. The summed E-state index contributed by atoms with van der Waals surface area (Å²) in [5, 5.41) is 0. The van der Waals surface area contributed by atoms with Crippen LogP contribution in [0.15, 0.2) is 24.3 Å². The fraction of sp³-hybridized carbons (Fsp3) is 0.200. The minimum Gasteiger partial charge on any atom is -0.325 e. The molecule has 0 radical (unpaired) electrons. The van der Waals surface area contributed by atoms with Crippen molar-refractivity contribution in [1.29, 1.82) is 0 Å². The Morgan fingerprint density at radius 1 is 1.38 bits per heavy atom. The second-order valence-electron chi connectivity index (χ2n) is 2.88. The summed E-state index contributed by atoms with van der Waals surface area (Å²) >= 11 is 0. The van der Waals surface area contributed by atoms with E-state index in [1.807, 2.05) is 0 Å². The van der Waals surface area contributed by atoms with Gasteiger partial charge in [0.1, 0.15) is 11.6 Å². The zero-order valence-electron chi connectivity index (χ0n) is 7.30. The summed E-state index contributed by atoms with van der Waals surface area (Å²) in [6.07, 6.45) is 3.08. The zero-order valence-corrected chi connectivity index (χ0v) is 7.30. The molecule has 1 aromatic carbocycles. The highest BCUT2D eigenvalue weighted by Crippen LogP contribution is 2.11. The predicted octanol–water partition coefficient (Wildman–Crippen LogP) is 2.33. The van der Waals surface area contributed by atoms with Crippen molar-refractivity contribution in [3.63, 3.8) is 0 Å². The first-order valence-corrected chi connectivity index (χ1v) is 3.98. The van der Waals surface area contributed by atoms with Gasteiger partial charge in [0.15, 0.2) is 0 Å². The summed E-state index contributed by atoms with van der Waals surface area (Å²) in [5.74, 6) is -0.899. The molecular formula is C10H11F2N. The van der Waals surface area contributed by atoms with Gasteiger partial charge in [-0.2, -0.15) is 0 Å². The van der Waals surface area contributed by atoms with Gasteiger partial charge in [0, 0.05) is 11.6 Å². The molecule has 70 valence electrons. The molecule has 2 N–H and O–H groups in total. The molecular weight excluding hydrogens is 172 g/mol. The second-order valence-corrected chi connectivity index (χ2v) is 2.88. The molecule has 3 heteroatoms. The van der Waals surface area contributed by atoms with E-state index in [-0.39, 0.29) is 11.6 Å². The van der Waals surface area contributed by atoms with Gasteiger partial charge in [-0.05, 0) is 25.1 Å². The van der Waals surface area contributed by atoms with Gasteiger partial charge in [0.2, 0.25) is 0 Å². The number of nitrogens with two attached hydrogens (primary N) is 1. The maximum absolute atomic E-state index is 13.0. The van der Waals surface area contributed by atoms with Gasteiger partial charge in [-0.15, -0.1) is 0 Å². The van der Waals surface area contributed by atoms with Crippen molar-refractivity contribution in [2.45, 2.75) is 13.0 Å². The highest BCUT2D eigenvalue weighted by atomic mass is 19.1. The van der Waals surface area contributed by atoms with Crippen LogP contribution in [0.1, 0.15) is 12.5 Å². The summed E-state index contributed by atoms with van der Waals surface area (Å²) in [5.41, 5.74) is 5.65. The topological polar surface area (TPSA) is 26.0 Å². The molecule has 0 aliphatic heterocycles. The Morgan fingerprint density at radius 3 is 2.69 bits per heavy atom. The van der Waals surface area contributed by atoms with E-state index < -0.39 is 11.6 Å². The second kappa shape index (κ2) is 4.14. The average Bonchev–Trinajstić information content (AvgIpc) is 2.06. The molecule has 1 atom stereocenters. The van der Waals surface area contributed by atoms with Gasteiger partial charge in [-0.1, -0.05) is 12.2 Å². The fourth-order valence-corrected chi connectivity index (χ4v) is 0.898. The first-order valence-electron chi connectivity index (χ1n) is 3.98. The lowest BCUT2D eigenvalue weighted by Crippen LogP contribution is -2.10. The standard InChI is InChI=1S/C10H11F2N/c1-7(13)2-3-8-6-9(11)4-5-10(8)12/h2-7H,13H2,1H3/b3-2+/t7-/m1/s1. The van der Waals surface area contributed by atoms with Gasteiger partial charge >= 0.3 is 0 Å². The summed E-state index contributed by atoms with van der Waals surface area (Å²) in [7, 11) is 0. The van der Waals surface area contributed by atoms with Crippen molar-refractivity contribution in [3.05, 3.63) is 41.5 Å². The Hall–Kier alpha value is -1.22. The van der Waals surface area contributed by atoms with Crippen LogP contribution in [-0.4, -0.2) is 6.04 Å². The van der Waals surface area contributed by atoms with E-state index in [1.165, 1.54) is 6.08 Å². The molecule has 0 saturated heterocycles. The molecule has 13 heavy (non-hydrogen) atoms. The normalized spacial score (nSPS) is 13.5. The van der Waals surface area contributed by atoms with Crippen LogP contribution >= 0.6 is 0 Å². The maximum atomic E-state index is 13.0. The van der Waals surface area contributed by atoms with Crippen LogP contribution in [0.2, 0.25) is 0 Å². The van der Waals surface area contributed by atoms with Crippen LogP contribution < -0.4 is 5.73 Å². The fourth-order valence-electron chi connectivity index (χ4n) is 0.898. The SMILES string of the molecule is C[C@@H](N)/C=C/c1cc(F)ccc1F. The van der Waals surface area contributed by atoms with Crippen molar-refractivity contribution in [2.75, 3.05) is 0 Å². The Balaban J connectivity index is 2.93. The van der Waals surface area contributed by atoms with E-state index in [2.05, 4.69) is 0 Å². The smallest absolute Gasteiger partial charge is 0.130 e. The molecule has 0 saturated carbocycles. The van der Waals surface area contributed by atoms with Crippen molar-refractivity contribution in [2.24, 2.45) is 5.73 Å². The van der Waals surface area contributed by atoms with Crippen molar-refractivity contribution < 1.29 is 8.78 Å². The summed E-state index contributed by atoms with van der Waals surface area (Å²) in [6, 6.07) is 3.14. The Labute approximate surface area is 75.9 Å². The van der Waals surface area contributed by atoms with Crippen molar-refractivity contribution in [1.82, 2.24) is 0 Å². The lowest BCUT2D eigenvalue weighted by atomic mass is 10.1. The molecule has 0 aliphatic rings. The molecule has 1 aromatic rings. The number of rotatable bonds is 2. The van der Waals surface area contributed by atoms with Crippen LogP contribution in [0, 0.1) is 11.6 Å². The van der Waals surface area contributed by atoms with E-state index in [9.17, 15) is 8.78 Å². The zero-order chi connectivity index (χ0) is 9.84. The molecule has 0 fully saturated rings. The molecule has 0 spiro atoms. The van der Waals surface area contributed by atoms with Crippen LogP contribution in [-0.2, 0) is 0 Å². The van der Waals surface area contributed by atoms with Gasteiger partial charge < -0.3 is 5.73 Å². The quantitative estimate of drug-likeness (QED) is 0.748. The number of halogens is 2. The Bertz CT molecular complexity index is 319. The van der Waals surface area contributed by atoms with Gasteiger partial charge in [0.25, 0.3) is 0 Å². The molecule has 0 aliphatic carbocycles. The van der Waals surface area contributed by atoms with E-state index in [1.54, 1.807) is 13.0 Å². The monoisotopic (exact) mass is 183 g/mol. The van der Waals surface area contributed by atoms with E-state index in [4.69, 9.17) is 5.73 Å². The minimum atomic E-state index is -0.453.